The number of fused-ring (bicyclic) bond motifs is 2. The Hall–Kier alpha value is -2.73. The number of aromatic amines is 1. The van der Waals surface area contributed by atoms with Crippen molar-refractivity contribution in [1.82, 2.24) is 14.9 Å². The standard InChI is InChI=1S/C20H19N3O2S/c24-18(21-17-10-9-13-5-1-2-6-14(13)17)11-12-23-19(25)15-7-3-4-8-16(15)22-20(23)26/h1-8,17H,9-12H2,(H,21,24)(H,22,26). The second-order valence-electron chi connectivity index (χ2n) is 6.54. The van der Waals surface area contributed by atoms with Crippen LogP contribution in [0.3, 0.4) is 0 Å². The molecule has 6 heteroatoms. The van der Waals surface area contributed by atoms with Gasteiger partial charge in [0.15, 0.2) is 4.77 Å². The summed E-state index contributed by atoms with van der Waals surface area (Å²) >= 11 is 5.29. The van der Waals surface area contributed by atoms with Gasteiger partial charge >= 0.3 is 0 Å². The number of nitrogens with zero attached hydrogens (tertiary/aromatic N) is 1. The highest BCUT2D eigenvalue weighted by Gasteiger charge is 2.23. The average molecular weight is 365 g/mol. The van der Waals surface area contributed by atoms with Crippen LogP contribution in [0.4, 0.5) is 0 Å². The number of aromatic nitrogens is 2. The van der Waals surface area contributed by atoms with E-state index in [0.717, 1.165) is 12.8 Å². The SMILES string of the molecule is O=C(CCn1c(=S)[nH]c2ccccc2c1=O)NC1CCc2ccccc21. The average Bonchev–Trinajstić information content (AvgIpc) is 3.04. The normalized spacial score (nSPS) is 15.8. The number of rotatable bonds is 4. The topological polar surface area (TPSA) is 66.9 Å². The smallest absolute Gasteiger partial charge is 0.262 e. The first-order valence-corrected chi connectivity index (χ1v) is 9.13. The lowest BCUT2D eigenvalue weighted by Gasteiger charge is -2.14. The van der Waals surface area contributed by atoms with Crippen LogP contribution in [-0.2, 0) is 17.8 Å². The van der Waals surface area contributed by atoms with Gasteiger partial charge in [0, 0.05) is 13.0 Å². The quantitative estimate of drug-likeness (QED) is 0.698. The summed E-state index contributed by atoms with van der Waals surface area (Å²) < 4.78 is 1.80. The molecular formula is C20H19N3O2S. The van der Waals surface area contributed by atoms with E-state index in [9.17, 15) is 9.59 Å². The van der Waals surface area contributed by atoms with E-state index < -0.39 is 0 Å². The van der Waals surface area contributed by atoms with Gasteiger partial charge in [0.25, 0.3) is 5.56 Å². The molecule has 1 aromatic heterocycles. The van der Waals surface area contributed by atoms with Crippen molar-refractivity contribution in [2.24, 2.45) is 0 Å². The molecule has 1 aliphatic rings. The molecule has 1 aliphatic carbocycles. The molecule has 0 radical (unpaired) electrons. The van der Waals surface area contributed by atoms with E-state index in [0.29, 0.717) is 15.7 Å². The summed E-state index contributed by atoms with van der Waals surface area (Å²) in [5, 5.41) is 3.66. The minimum atomic E-state index is -0.164. The molecule has 5 nitrogen and oxygen atoms in total. The van der Waals surface area contributed by atoms with E-state index in [-0.39, 0.29) is 30.5 Å². The molecule has 132 valence electrons. The first-order valence-electron chi connectivity index (χ1n) is 8.72. The van der Waals surface area contributed by atoms with Gasteiger partial charge in [-0.15, -0.1) is 0 Å². The van der Waals surface area contributed by atoms with E-state index in [1.54, 1.807) is 6.07 Å². The Morgan fingerprint density at radius 3 is 2.85 bits per heavy atom. The number of hydrogen-bond acceptors (Lipinski definition) is 3. The van der Waals surface area contributed by atoms with E-state index >= 15 is 0 Å². The van der Waals surface area contributed by atoms with Crippen molar-refractivity contribution in [3.8, 4) is 0 Å². The van der Waals surface area contributed by atoms with Crippen LogP contribution in [0.1, 0.15) is 30.0 Å². The maximum atomic E-state index is 12.6. The molecule has 0 spiro atoms. The van der Waals surface area contributed by atoms with E-state index in [1.807, 2.05) is 30.3 Å². The number of H-pyrrole nitrogens is 1. The Balaban J connectivity index is 1.48. The van der Waals surface area contributed by atoms with Crippen molar-refractivity contribution in [1.29, 1.82) is 0 Å². The Morgan fingerprint density at radius 1 is 1.19 bits per heavy atom. The van der Waals surface area contributed by atoms with Crippen LogP contribution >= 0.6 is 12.2 Å². The van der Waals surface area contributed by atoms with Gasteiger partial charge in [0.05, 0.1) is 16.9 Å². The summed E-state index contributed by atoms with van der Waals surface area (Å²) in [5.74, 6) is -0.0684. The van der Waals surface area contributed by atoms with Gasteiger partial charge in [-0.05, 0) is 48.3 Å². The number of hydrogen-bond donors (Lipinski definition) is 2. The zero-order valence-corrected chi connectivity index (χ0v) is 15.0. The summed E-state index contributed by atoms with van der Waals surface area (Å²) in [6, 6.07) is 15.5. The van der Waals surface area contributed by atoms with Crippen LogP contribution in [0.5, 0.6) is 0 Å². The van der Waals surface area contributed by atoms with E-state index in [1.165, 1.54) is 15.7 Å². The maximum Gasteiger partial charge on any atom is 0.262 e. The second kappa shape index (κ2) is 6.88. The molecule has 1 atom stereocenters. The van der Waals surface area contributed by atoms with Crippen molar-refractivity contribution >= 4 is 29.0 Å². The molecule has 0 saturated carbocycles. The fourth-order valence-electron chi connectivity index (χ4n) is 3.59. The van der Waals surface area contributed by atoms with Gasteiger partial charge in [-0.3, -0.25) is 14.2 Å². The molecule has 2 aromatic carbocycles. The summed E-state index contributed by atoms with van der Waals surface area (Å²) in [4.78, 5) is 28.1. The molecule has 1 heterocycles. The third-order valence-corrected chi connectivity index (χ3v) is 5.24. The third-order valence-electron chi connectivity index (χ3n) is 4.92. The Bertz CT molecular complexity index is 1100. The second-order valence-corrected chi connectivity index (χ2v) is 6.93. The minimum absolute atomic E-state index is 0.0570. The zero-order chi connectivity index (χ0) is 18.1. The molecule has 4 rings (SSSR count). The van der Waals surface area contributed by atoms with E-state index in [4.69, 9.17) is 12.2 Å². The molecule has 2 N–H and O–H groups in total. The predicted molar refractivity (Wildman–Crippen MR) is 104 cm³/mol. The van der Waals surface area contributed by atoms with E-state index in [2.05, 4.69) is 22.4 Å². The van der Waals surface area contributed by atoms with Gasteiger partial charge in [0.1, 0.15) is 0 Å². The monoisotopic (exact) mass is 365 g/mol. The number of benzene rings is 2. The molecule has 1 amide bonds. The molecular weight excluding hydrogens is 346 g/mol. The van der Waals surface area contributed by atoms with Crippen LogP contribution in [0, 0.1) is 4.77 Å². The van der Waals surface area contributed by atoms with Gasteiger partial charge in [-0.2, -0.15) is 0 Å². The van der Waals surface area contributed by atoms with Crippen LogP contribution < -0.4 is 10.9 Å². The molecule has 3 aromatic rings. The van der Waals surface area contributed by atoms with Crippen LogP contribution in [0.25, 0.3) is 10.9 Å². The van der Waals surface area contributed by atoms with Gasteiger partial charge in [-0.1, -0.05) is 36.4 Å². The number of nitrogens with one attached hydrogen (secondary N) is 2. The largest absolute Gasteiger partial charge is 0.349 e. The van der Waals surface area contributed by atoms with Crippen molar-refractivity contribution in [3.05, 3.63) is 74.8 Å². The van der Waals surface area contributed by atoms with Gasteiger partial charge in [-0.25, -0.2) is 0 Å². The van der Waals surface area contributed by atoms with Gasteiger partial charge in [0.2, 0.25) is 5.91 Å². The number of carbonyl (C=O) groups excluding carboxylic acids is 1. The molecule has 26 heavy (non-hydrogen) atoms. The van der Waals surface area contributed by atoms with Crippen LogP contribution in [0.15, 0.2) is 53.3 Å². The number of para-hydroxylation sites is 1. The lowest BCUT2D eigenvalue weighted by molar-refractivity contribution is -0.122. The fraction of sp³-hybridized carbons (Fsp3) is 0.250. The molecule has 0 aliphatic heterocycles. The summed E-state index contributed by atoms with van der Waals surface area (Å²) in [5.41, 5.74) is 3.04. The highest BCUT2D eigenvalue weighted by atomic mass is 32.1. The molecule has 1 unspecified atom stereocenters. The summed E-state index contributed by atoms with van der Waals surface area (Å²) in [6.45, 7) is 0.263. The van der Waals surface area contributed by atoms with Crippen molar-refractivity contribution in [2.75, 3.05) is 0 Å². The third kappa shape index (κ3) is 3.08. The number of amides is 1. The minimum Gasteiger partial charge on any atom is -0.349 e. The Kier molecular flexibility index (Phi) is 4.42. The lowest BCUT2D eigenvalue weighted by atomic mass is 10.1. The Morgan fingerprint density at radius 2 is 1.96 bits per heavy atom. The van der Waals surface area contributed by atoms with Crippen molar-refractivity contribution in [3.63, 3.8) is 0 Å². The maximum absolute atomic E-state index is 12.6. The molecule has 0 bridgehead atoms. The summed E-state index contributed by atoms with van der Waals surface area (Å²) in [7, 11) is 0. The summed E-state index contributed by atoms with van der Waals surface area (Å²) in [6.07, 6.45) is 2.12. The zero-order valence-electron chi connectivity index (χ0n) is 14.2. The molecule has 0 saturated heterocycles. The lowest BCUT2D eigenvalue weighted by Crippen LogP contribution is -2.30. The molecule has 0 fully saturated rings. The highest BCUT2D eigenvalue weighted by molar-refractivity contribution is 7.71. The highest BCUT2D eigenvalue weighted by Crippen LogP contribution is 2.30. The fourth-order valence-corrected chi connectivity index (χ4v) is 3.87. The first kappa shape index (κ1) is 16.7. The number of carbonyl (C=O) groups is 1. The first-order chi connectivity index (χ1) is 12.6. The Labute approximate surface area is 155 Å². The predicted octanol–water partition coefficient (Wildman–Crippen LogP) is 3.25. The van der Waals surface area contributed by atoms with Gasteiger partial charge < -0.3 is 10.3 Å². The van der Waals surface area contributed by atoms with Crippen molar-refractivity contribution < 1.29 is 4.79 Å². The number of aryl methyl sites for hydroxylation is 1. The van der Waals surface area contributed by atoms with Crippen molar-refractivity contribution in [2.45, 2.75) is 31.8 Å². The van der Waals surface area contributed by atoms with Crippen LogP contribution in [-0.4, -0.2) is 15.5 Å². The van der Waals surface area contributed by atoms with Crippen LogP contribution in [0.2, 0.25) is 0 Å².